The van der Waals surface area contributed by atoms with Crippen molar-refractivity contribution in [3.8, 4) is 0 Å². The lowest BCUT2D eigenvalue weighted by Gasteiger charge is -2.28. The van der Waals surface area contributed by atoms with Gasteiger partial charge in [-0.05, 0) is 22.8 Å². The fraction of sp³-hybridized carbons (Fsp3) is 0.350. The molecule has 0 bridgehead atoms. The van der Waals surface area contributed by atoms with E-state index >= 15 is 0 Å². The van der Waals surface area contributed by atoms with E-state index in [-0.39, 0.29) is 5.91 Å². The first-order valence-corrected chi connectivity index (χ1v) is 8.55. The second-order valence-corrected chi connectivity index (χ2v) is 6.48. The van der Waals surface area contributed by atoms with Crippen LogP contribution >= 0.6 is 0 Å². The van der Waals surface area contributed by atoms with Crippen LogP contribution in [0.5, 0.6) is 0 Å². The number of hydrogen-bond acceptors (Lipinski definition) is 3. The molecule has 4 nitrogen and oxygen atoms in total. The van der Waals surface area contributed by atoms with Gasteiger partial charge in [-0.25, -0.2) is 0 Å². The quantitative estimate of drug-likeness (QED) is 0.871. The third-order valence-corrected chi connectivity index (χ3v) is 4.85. The van der Waals surface area contributed by atoms with Crippen LogP contribution in [-0.4, -0.2) is 42.0 Å². The van der Waals surface area contributed by atoms with Gasteiger partial charge in [-0.2, -0.15) is 0 Å². The van der Waals surface area contributed by atoms with Crippen LogP contribution in [-0.2, 0) is 24.4 Å². The van der Waals surface area contributed by atoms with E-state index < -0.39 is 0 Å². The predicted molar refractivity (Wildman–Crippen MR) is 92.6 cm³/mol. The van der Waals surface area contributed by atoms with Crippen LogP contribution in [0.4, 0.5) is 0 Å². The van der Waals surface area contributed by atoms with E-state index in [9.17, 15) is 4.79 Å². The van der Waals surface area contributed by atoms with Crippen LogP contribution < -0.4 is 0 Å². The maximum atomic E-state index is 12.9. The molecule has 0 saturated carbocycles. The first-order chi connectivity index (χ1) is 11.8. The Morgan fingerprint density at radius 2 is 1.54 bits per heavy atom. The molecule has 0 aromatic heterocycles. The van der Waals surface area contributed by atoms with Gasteiger partial charge in [0.2, 0.25) is 0 Å². The molecular formula is C20H22N2O2. The average Bonchev–Trinajstić information content (AvgIpc) is 3.04. The average molecular weight is 322 g/mol. The summed E-state index contributed by atoms with van der Waals surface area (Å²) in [6.45, 7) is 5.35. The summed E-state index contributed by atoms with van der Waals surface area (Å²) >= 11 is 0. The highest BCUT2D eigenvalue weighted by Gasteiger charge is 2.23. The maximum Gasteiger partial charge on any atom is 0.254 e. The fourth-order valence-corrected chi connectivity index (χ4v) is 3.56. The van der Waals surface area contributed by atoms with Gasteiger partial charge in [0.15, 0.2) is 0 Å². The van der Waals surface area contributed by atoms with Gasteiger partial charge < -0.3 is 9.64 Å². The Morgan fingerprint density at radius 1 is 0.917 bits per heavy atom. The molecule has 2 aliphatic heterocycles. The lowest BCUT2D eigenvalue weighted by molar-refractivity contribution is 0.0301. The second kappa shape index (κ2) is 6.75. The summed E-state index contributed by atoms with van der Waals surface area (Å²) in [6, 6.07) is 16.6. The van der Waals surface area contributed by atoms with Crippen LogP contribution in [0.2, 0.25) is 0 Å². The summed E-state index contributed by atoms with van der Waals surface area (Å²) in [4.78, 5) is 17.2. The van der Waals surface area contributed by atoms with E-state index in [1.54, 1.807) is 0 Å². The third kappa shape index (κ3) is 3.07. The summed E-state index contributed by atoms with van der Waals surface area (Å²) in [5.74, 6) is 0.130. The highest BCUT2D eigenvalue weighted by molar-refractivity contribution is 5.95. The molecule has 0 radical (unpaired) electrons. The number of carbonyl (C=O) groups is 1. The molecule has 4 heteroatoms. The molecular weight excluding hydrogens is 300 g/mol. The zero-order valence-corrected chi connectivity index (χ0v) is 13.8. The molecule has 2 aliphatic rings. The summed E-state index contributed by atoms with van der Waals surface area (Å²) in [5.41, 5.74) is 4.74. The number of fused-ring (bicyclic) bond motifs is 1. The zero-order valence-electron chi connectivity index (χ0n) is 13.8. The number of hydrogen-bond donors (Lipinski definition) is 0. The highest BCUT2D eigenvalue weighted by atomic mass is 16.5. The van der Waals surface area contributed by atoms with Gasteiger partial charge in [-0.1, -0.05) is 42.5 Å². The highest BCUT2D eigenvalue weighted by Crippen LogP contribution is 2.25. The molecule has 1 fully saturated rings. The molecule has 4 rings (SSSR count). The van der Waals surface area contributed by atoms with E-state index in [0.29, 0.717) is 26.3 Å². The molecule has 124 valence electrons. The summed E-state index contributed by atoms with van der Waals surface area (Å²) < 4.78 is 5.36. The van der Waals surface area contributed by atoms with Crippen molar-refractivity contribution in [3.63, 3.8) is 0 Å². The summed E-state index contributed by atoms with van der Waals surface area (Å²) in [7, 11) is 0. The van der Waals surface area contributed by atoms with Gasteiger partial charge in [-0.15, -0.1) is 0 Å². The van der Waals surface area contributed by atoms with E-state index in [0.717, 1.165) is 30.8 Å². The Balaban J connectivity index is 1.51. The van der Waals surface area contributed by atoms with Gasteiger partial charge in [0.25, 0.3) is 5.91 Å². The van der Waals surface area contributed by atoms with E-state index in [4.69, 9.17) is 4.74 Å². The van der Waals surface area contributed by atoms with Gasteiger partial charge >= 0.3 is 0 Å². The number of benzene rings is 2. The smallest absolute Gasteiger partial charge is 0.254 e. The lowest BCUT2D eigenvalue weighted by Crippen LogP contribution is -2.41. The van der Waals surface area contributed by atoms with Crippen LogP contribution in [0.1, 0.15) is 27.0 Å². The Labute approximate surface area is 142 Å². The van der Waals surface area contributed by atoms with Crippen molar-refractivity contribution in [2.75, 3.05) is 26.3 Å². The molecule has 1 saturated heterocycles. The topological polar surface area (TPSA) is 32.8 Å². The lowest BCUT2D eigenvalue weighted by atomic mass is 10.1. The van der Waals surface area contributed by atoms with Crippen molar-refractivity contribution in [2.45, 2.75) is 19.6 Å². The largest absolute Gasteiger partial charge is 0.378 e. The van der Waals surface area contributed by atoms with Gasteiger partial charge in [0.1, 0.15) is 0 Å². The molecule has 2 heterocycles. The van der Waals surface area contributed by atoms with Crippen molar-refractivity contribution in [2.24, 2.45) is 0 Å². The normalized spacial score (nSPS) is 17.8. The van der Waals surface area contributed by atoms with Crippen molar-refractivity contribution in [1.82, 2.24) is 9.80 Å². The van der Waals surface area contributed by atoms with Crippen LogP contribution in [0, 0.1) is 0 Å². The van der Waals surface area contributed by atoms with Crippen LogP contribution in [0.3, 0.4) is 0 Å². The summed E-state index contributed by atoms with van der Waals surface area (Å²) in [5, 5.41) is 0. The van der Waals surface area contributed by atoms with E-state index in [1.165, 1.54) is 11.1 Å². The minimum absolute atomic E-state index is 0.130. The maximum absolute atomic E-state index is 12.9. The minimum atomic E-state index is 0.130. The number of carbonyl (C=O) groups excluding carboxylic acids is 1. The minimum Gasteiger partial charge on any atom is -0.378 e. The van der Waals surface area contributed by atoms with Crippen molar-refractivity contribution in [1.29, 1.82) is 0 Å². The number of ether oxygens (including phenoxy) is 1. The molecule has 0 aliphatic carbocycles. The molecule has 24 heavy (non-hydrogen) atoms. The Bertz CT molecular complexity index is 713. The van der Waals surface area contributed by atoms with Gasteiger partial charge in [0.05, 0.1) is 13.2 Å². The Hall–Kier alpha value is -2.17. The third-order valence-electron chi connectivity index (χ3n) is 4.85. The molecule has 0 spiro atoms. The first kappa shape index (κ1) is 15.4. The molecule has 2 aromatic carbocycles. The van der Waals surface area contributed by atoms with Gasteiger partial charge in [-0.3, -0.25) is 9.69 Å². The van der Waals surface area contributed by atoms with Crippen LogP contribution in [0.25, 0.3) is 0 Å². The molecule has 0 N–H and O–H groups in total. The molecule has 1 amide bonds. The molecule has 0 atom stereocenters. The van der Waals surface area contributed by atoms with Crippen molar-refractivity contribution >= 4 is 5.91 Å². The second-order valence-electron chi connectivity index (χ2n) is 6.48. The van der Waals surface area contributed by atoms with E-state index in [2.05, 4.69) is 35.2 Å². The number of amides is 1. The zero-order chi connectivity index (χ0) is 16.4. The Morgan fingerprint density at radius 3 is 2.25 bits per heavy atom. The van der Waals surface area contributed by atoms with Crippen molar-refractivity contribution < 1.29 is 9.53 Å². The van der Waals surface area contributed by atoms with Crippen molar-refractivity contribution in [3.05, 3.63) is 70.8 Å². The standard InChI is InChI=1S/C20H22N2O2/c23-20(22-9-11-24-12-10-22)19-8-4-3-7-18(19)15-21-13-16-5-1-2-6-17(16)14-21/h1-8H,9-15H2. The fourth-order valence-electron chi connectivity index (χ4n) is 3.56. The first-order valence-electron chi connectivity index (χ1n) is 8.55. The van der Waals surface area contributed by atoms with Crippen LogP contribution in [0.15, 0.2) is 48.5 Å². The molecule has 2 aromatic rings. The Kier molecular flexibility index (Phi) is 4.32. The predicted octanol–water partition coefficient (Wildman–Crippen LogP) is 2.67. The monoisotopic (exact) mass is 322 g/mol. The number of rotatable bonds is 3. The SMILES string of the molecule is O=C(c1ccccc1CN1Cc2ccccc2C1)N1CCOCC1. The van der Waals surface area contributed by atoms with E-state index in [1.807, 2.05) is 23.1 Å². The summed E-state index contributed by atoms with van der Waals surface area (Å²) in [6.07, 6.45) is 0. The molecule has 0 unspecified atom stereocenters. The number of morpholine rings is 1. The number of nitrogens with zero attached hydrogens (tertiary/aromatic N) is 2. The van der Waals surface area contributed by atoms with Gasteiger partial charge in [0, 0.05) is 38.3 Å².